The van der Waals surface area contributed by atoms with Gasteiger partial charge in [-0.25, -0.2) is 0 Å². The molecule has 2 atom stereocenters. The molecule has 0 aromatic heterocycles. The monoisotopic (exact) mass is 275 g/mol. The summed E-state index contributed by atoms with van der Waals surface area (Å²) in [6.07, 6.45) is 2.62. The van der Waals surface area contributed by atoms with E-state index in [4.69, 9.17) is 11.1 Å². The van der Waals surface area contributed by atoms with Crippen LogP contribution in [0.1, 0.15) is 37.7 Å². The van der Waals surface area contributed by atoms with E-state index in [1.54, 1.807) is 0 Å². The van der Waals surface area contributed by atoms with Crippen molar-refractivity contribution in [2.45, 2.75) is 37.7 Å². The van der Waals surface area contributed by atoms with Crippen LogP contribution in [0.5, 0.6) is 0 Å². The molecule has 0 aliphatic carbocycles. The highest BCUT2D eigenvalue weighted by atomic mass is 16.3. The first kappa shape index (κ1) is 15.0. The van der Waals surface area contributed by atoms with Crippen molar-refractivity contribution in [1.82, 2.24) is 4.90 Å². The number of benzene rings is 1. The molecule has 1 aromatic rings. The van der Waals surface area contributed by atoms with E-state index in [9.17, 15) is 5.11 Å². The van der Waals surface area contributed by atoms with Gasteiger partial charge in [0, 0.05) is 13.1 Å². The van der Waals surface area contributed by atoms with Gasteiger partial charge in [0.15, 0.2) is 0 Å². The molecule has 20 heavy (non-hydrogen) atoms. The molecule has 0 bridgehead atoms. The van der Waals surface area contributed by atoms with Crippen molar-refractivity contribution >= 4 is 5.84 Å². The molecule has 0 spiro atoms. The Morgan fingerprint density at radius 3 is 2.70 bits per heavy atom. The van der Waals surface area contributed by atoms with Gasteiger partial charge >= 0.3 is 0 Å². The van der Waals surface area contributed by atoms with Crippen LogP contribution in [0.4, 0.5) is 0 Å². The lowest BCUT2D eigenvalue weighted by Gasteiger charge is -2.26. The van der Waals surface area contributed by atoms with Gasteiger partial charge < -0.3 is 15.7 Å². The third-order valence-corrected chi connectivity index (χ3v) is 4.17. The molecular weight excluding hydrogens is 250 g/mol. The van der Waals surface area contributed by atoms with E-state index in [2.05, 4.69) is 4.90 Å². The molecule has 0 radical (unpaired) electrons. The third-order valence-electron chi connectivity index (χ3n) is 4.17. The van der Waals surface area contributed by atoms with E-state index < -0.39 is 5.60 Å². The van der Waals surface area contributed by atoms with E-state index in [1.807, 2.05) is 37.3 Å². The second-order valence-electron chi connectivity index (χ2n) is 6.07. The second kappa shape index (κ2) is 6.37. The maximum absolute atomic E-state index is 10.1. The van der Waals surface area contributed by atoms with Crippen LogP contribution in [0.2, 0.25) is 0 Å². The summed E-state index contributed by atoms with van der Waals surface area (Å²) in [6.45, 7) is 4.50. The van der Waals surface area contributed by atoms with Crippen LogP contribution in [-0.2, 0) is 0 Å². The molecular formula is C16H25N3O. The van der Waals surface area contributed by atoms with E-state index in [-0.39, 0.29) is 11.8 Å². The highest BCUT2D eigenvalue weighted by Crippen LogP contribution is 2.24. The minimum absolute atomic E-state index is 0.0563. The van der Waals surface area contributed by atoms with Gasteiger partial charge in [0.2, 0.25) is 0 Å². The summed E-state index contributed by atoms with van der Waals surface area (Å²) < 4.78 is 0. The van der Waals surface area contributed by atoms with Crippen LogP contribution in [0, 0.1) is 5.41 Å². The van der Waals surface area contributed by atoms with E-state index in [1.165, 1.54) is 0 Å². The predicted octanol–water partition coefficient (Wildman–Crippen LogP) is 1.94. The van der Waals surface area contributed by atoms with Gasteiger partial charge in [-0.15, -0.1) is 0 Å². The van der Waals surface area contributed by atoms with Crippen LogP contribution in [0.15, 0.2) is 30.3 Å². The quantitative estimate of drug-likeness (QED) is 0.581. The highest BCUT2D eigenvalue weighted by Gasteiger charge is 2.27. The summed E-state index contributed by atoms with van der Waals surface area (Å²) in [5.41, 5.74) is 6.33. The van der Waals surface area contributed by atoms with Gasteiger partial charge in [-0.2, -0.15) is 0 Å². The Kier molecular flexibility index (Phi) is 4.78. The topological polar surface area (TPSA) is 73.3 Å². The Morgan fingerprint density at radius 1 is 1.35 bits per heavy atom. The van der Waals surface area contributed by atoms with Gasteiger partial charge in [0.1, 0.15) is 0 Å². The molecule has 1 saturated heterocycles. The van der Waals surface area contributed by atoms with Gasteiger partial charge in [-0.3, -0.25) is 5.41 Å². The molecule has 4 nitrogen and oxygen atoms in total. The standard InChI is InChI=1S/C16H25N3O/c1-16(20)8-5-10-19(11-9-16)12-14(15(17)18)13-6-3-2-4-7-13/h2-4,6-7,14,20H,5,8-12H2,1H3,(H3,17,18). The molecule has 4 heteroatoms. The van der Waals surface area contributed by atoms with Crippen molar-refractivity contribution in [3.05, 3.63) is 35.9 Å². The van der Waals surface area contributed by atoms with Gasteiger partial charge in [-0.05, 0) is 38.3 Å². The lowest BCUT2D eigenvalue weighted by molar-refractivity contribution is 0.0446. The highest BCUT2D eigenvalue weighted by molar-refractivity contribution is 5.84. The fraction of sp³-hybridized carbons (Fsp3) is 0.562. The van der Waals surface area contributed by atoms with Gasteiger partial charge in [0.25, 0.3) is 0 Å². The lowest BCUT2D eigenvalue weighted by Crippen LogP contribution is -2.36. The first-order valence-corrected chi connectivity index (χ1v) is 7.31. The number of nitrogens with zero attached hydrogens (tertiary/aromatic N) is 1. The molecule has 110 valence electrons. The zero-order valence-corrected chi connectivity index (χ0v) is 12.2. The van der Waals surface area contributed by atoms with E-state index in [0.29, 0.717) is 0 Å². The van der Waals surface area contributed by atoms with Crippen molar-refractivity contribution < 1.29 is 5.11 Å². The Bertz CT molecular complexity index is 444. The summed E-state index contributed by atoms with van der Waals surface area (Å²) in [5, 5.41) is 18.0. The average molecular weight is 275 g/mol. The molecule has 4 N–H and O–H groups in total. The number of amidine groups is 1. The molecule has 1 aliphatic rings. The zero-order valence-electron chi connectivity index (χ0n) is 12.2. The fourth-order valence-corrected chi connectivity index (χ4v) is 2.83. The number of nitrogens with one attached hydrogen (secondary N) is 1. The largest absolute Gasteiger partial charge is 0.390 e. The fourth-order valence-electron chi connectivity index (χ4n) is 2.83. The number of likely N-dealkylation sites (tertiary alicyclic amines) is 1. The number of hydrogen-bond acceptors (Lipinski definition) is 3. The molecule has 0 saturated carbocycles. The molecule has 2 unspecified atom stereocenters. The molecule has 2 rings (SSSR count). The van der Waals surface area contributed by atoms with Crippen LogP contribution in [0.3, 0.4) is 0 Å². The summed E-state index contributed by atoms with van der Waals surface area (Å²) >= 11 is 0. The van der Waals surface area contributed by atoms with Crippen LogP contribution < -0.4 is 5.73 Å². The van der Waals surface area contributed by atoms with Crippen molar-refractivity contribution in [3.8, 4) is 0 Å². The smallest absolute Gasteiger partial charge is 0.0995 e. The molecule has 1 aliphatic heterocycles. The van der Waals surface area contributed by atoms with Crippen molar-refractivity contribution in [2.24, 2.45) is 5.73 Å². The zero-order chi connectivity index (χ0) is 14.6. The summed E-state index contributed by atoms with van der Waals surface area (Å²) in [5.74, 6) is 0.159. The van der Waals surface area contributed by atoms with Crippen molar-refractivity contribution in [2.75, 3.05) is 19.6 Å². The number of nitrogens with two attached hydrogens (primary N) is 1. The van der Waals surface area contributed by atoms with Crippen LogP contribution in [0.25, 0.3) is 0 Å². The van der Waals surface area contributed by atoms with Crippen molar-refractivity contribution in [3.63, 3.8) is 0 Å². The van der Waals surface area contributed by atoms with Gasteiger partial charge in [-0.1, -0.05) is 30.3 Å². The minimum atomic E-state index is -0.548. The van der Waals surface area contributed by atoms with E-state index in [0.717, 1.165) is 44.5 Å². The maximum Gasteiger partial charge on any atom is 0.0995 e. The Balaban J connectivity index is 2.04. The minimum Gasteiger partial charge on any atom is -0.390 e. The SMILES string of the molecule is CC1(O)CCCN(CC(C(=N)N)c2ccccc2)CC1. The van der Waals surface area contributed by atoms with Gasteiger partial charge in [0.05, 0.1) is 17.4 Å². The first-order valence-electron chi connectivity index (χ1n) is 7.31. The Labute approximate surface area is 121 Å². The maximum atomic E-state index is 10.1. The lowest BCUT2D eigenvalue weighted by atomic mass is 9.97. The number of hydrogen-bond donors (Lipinski definition) is 3. The van der Waals surface area contributed by atoms with Crippen LogP contribution >= 0.6 is 0 Å². The average Bonchev–Trinajstić information content (AvgIpc) is 2.58. The molecule has 1 fully saturated rings. The number of rotatable bonds is 4. The summed E-state index contributed by atoms with van der Waals surface area (Å²) in [7, 11) is 0. The Morgan fingerprint density at radius 2 is 2.05 bits per heavy atom. The molecule has 1 heterocycles. The first-order chi connectivity index (χ1) is 9.48. The van der Waals surface area contributed by atoms with Crippen molar-refractivity contribution in [1.29, 1.82) is 5.41 Å². The summed E-state index contributed by atoms with van der Waals surface area (Å²) in [6, 6.07) is 10.0. The third kappa shape index (κ3) is 4.05. The second-order valence-corrected chi connectivity index (χ2v) is 6.07. The molecule has 1 aromatic carbocycles. The predicted molar refractivity (Wildman–Crippen MR) is 82.0 cm³/mol. The van der Waals surface area contributed by atoms with Crippen LogP contribution in [-0.4, -0.2) is 41.1 Å². The summed E-state index contributed by atoms with van der Waals surface area (Å²) in [4.78, 5) is 2.32. The normalized spacial score (nSPS) is 25.9. The Hall–Kier alpha value is -1.39. The molecule has 0 amide bonds. The van der Waals surface area contributed by atoms with E-state index >= 15 is 0 Å². The number of aliphatic hydroxyl groups is 1.